The standard InChI is InChI=1S/C13H11NOS2/c1-8-2-4-14-7-9(8)13(15)12-6-11-10(17-12)3-5-16-11/h2-7,13,15H,1H3. The third kappa shape index (κ3) is 1.88. The Balaban J connectivity index is 2.04. The molecule has 3 rings (SSSR count). The van der Waals surface area contributed by atoms with E-state index in [0.717, 1.165) is 16.0 Å². The number of nitrogens with zero attached hydrogens (tertiary/aromatic N) is 1. The van der Waals surface area contributed by atoms with E-state index in [0.29, 0.717) is 0 Å². The Bertz CT molecular complexity index is 628. The van der Waals surface area contributed by atoms with Crippen LogP contribution in [-0.2, 0) is 0 Å². The fraction of sp³-hybridized carbons (Fsp3) is 0.154. The van der Waals surface area contributed by atoms with Gasteiger partial charge in [-0.05, 0) is 36.1 Å². The maximum atomic E-state index is 10.4. The summed E-state index contributed by atoms with van der Waals surface area (Å²) in [6.45, 7) is 2.00. The number of aromatic nitrogens is 1. The second kappa shape index (κ2) is 4.22. The average molecular weight is 261 g/mol. The molecule has 0 aromatic carbocycles. The maximum absolute atomic E-state index is 10.4. The second-order valence-electron chi connectivity index (χ2n) is 3.93. The number of rotatable bonds is 2. The average Bonchev–Trinajstić information content (AvgIpc) is 2.88. The molecular formula is C13H11NOS2. The van der Waals surface area contributed by atoms with E-state index in [1.165, 1.54) is 9.40 Å². The van der Waals surface area contributed by atoms with E-state index in [2.05, 4.69) is 22.5 Å². The molecule has 1 unspecified atom stereocenters. The number of aliphatic hydroxyl groups is 1. The van der Waals surface area contributed by atoms with Crippen LogP contribution in [0.2, 0.25) is 0 Å². The lowest BCUT2D eigenvalue weighted by Crippen LogP contribution is -2.00. The summed E-state index contributed by atoms with van der Waals surface area (Å²) in [7, 11) is 0. The van der Waals surface area contributed by atoms with Gasteiger partial charge in [0.05, 0.1) is 0 Å². The molecule has 0 aliphatic heterocycles. The zero-order valence-corrected chi connectivity index (χ0v) is 10.9. The number of hydrogen-bond donors (Lipinski definition) is 1. The molecule has 0 saturated heterocycles. The number of aliphatic hydroxyl groups excluding tert-OH is 1. The van der Waals surface area contributed by atoms with E-state index in [-0.39, 0.29) is 0 Å². The lowest BCUT2D eigenvalue weighted by Gasteiger charge is -2.10. The van der Waals surface area contributed by atoms with Gasteiger partial charge in [0, 0.05) is 32.2 Å². The van der Waals surface area contributed by atoms with Gasteiger partial charge >= 0.3 is 0 Å². The van der Waals surface area contributed by atoms with Gasteiger partial charge in [-0.1, -0.05) is 0 Å². The predicted octanol–water partition coefficient (Wildman–Crippen LogP) is 3.75. The first-order valence-corrected chi connectivity index (χ1v) is 7.01. The summed E-state index contributed by atoms with van der Waals surface area (Å²) >= 11 is 3.36. The van der Waals surface area contributed by atoms with Crippen molar-refractivity contribution in [2.45, 2.75) is 13.0 Å². The van der Waals surface area contributed by atoms with Crippen LogP contribution in [0, 0.1) is 6.92 Å². The second-order valence-corrected chi connectivity index (χ2v) is 6.00. The van der Waals surface area contributed by atoms with Gasteiger partial charge in [0.15, 0.2) is 0 Å². The molecular weight excluding hydrogens is 250 g/mol. The molecule has 0 spiro atoms. The molecule has 0 aliphatic rings. The number of fused-ring (bicyclic) bond motifs is 1. The zero-order valence-electron chi connectivity index (χ0n) is 9.25. The molecule has 4 heteroatoms. The molecule has 2 nitrogen and oxygen atoms in total. The number of hydrogen-bond acceptors (Lipinski definition) is 4. The molecule has 1 atom stereocenters. The van der Waals surface area contributed by atoms with Gasteiger partial charge in [-0.15, -0.1) is 22.7 Å². The zero-order chi connectivity index (χ0) is 11.8. The van der Waals surface area contributed by atoms with Crippen LogP contribution in [0.15, 0.2) is 36.0 Å². The van der Waals surface area contributed by atoms with Gasteiger partial charge in [-0.3, -0.25) is 4.98 Å². The first-order valence-electron chi connectivity index (χ1n) is 5.31. The number of thiophene rings is 2. The molecule has 3 aromatic rings. The lowest BCUT2D eigenvalue weighted by atomic mass is 10.1. The first kappa shape index (κ1) is 10.9. The summed E-state index contributed by atoms with van der Waals surface area (Å²) in [6, 6.07) is 6.09. The van der Waals surface area contributed by atoms with E-state index in [1.807, 2.05) is 13.0 Å². The van der Waals surface area contributed by atoms with Crippen LogP contribution in [0.25, 0.3) is 9.40 Å². The van der Waals surface area contributed by atoms with Crippen LogP contribution in [0.3, 0.4) is 0 Å². The lowest BCUT2D eigenvalue weighted by molar-refractivity contribution is 0.223. The van der Waals surface area contributed by atoms with Crippen LogP contribution in [0.5, 0.6) is 0 Å². The Kier molecular flexibility index (Phi) is 2.70. The van der Waals surface area contributed by atoms with Gasteiger partial charge < -0.3 is 5.11 Å². The minimum Gasteiger partial charge on any atom is -0.383 e. The van der Waals surface area contributed by atoms with Crippen molar-refractivity contribution in [1.82, 2.24) is 4.98 Å². The summed E-state index contributed by atoms with van der Waals surface area (Å²) < 4.78 is 2.48. The SMILES string of the molecule is Cc1ccncc1C(O)c1cc2sccc2s1. The van der Waals surface area contributed by atoms with Crippen molar-refractivity contribution in [3.05, 3.63) is 52.0 Å². The first-order chi connectivity index (χ1) is 8.25. The summed E-state index contributed by atoms with van der Waals surface area (Å²) in [5, 5.41) is 12.4. The molecule has 17 heavy (non-hydrogen) atoms. The maximum Gasteiger partial charge on any atom is 0.115 e. The molecule has 0 aliphatic carbocycles. The minimum absolute atomic E-state index is 0.562. The Morgan fingerprint density at radius 2 is 2.18 bits per heavy atom. The third-order valence-corrected chi connectivity index (χ3v) is 4.95. The van der Waals surface area contributed by atoms with Gasteiger partial charge in [-0.2, -0.15) is 0 Å². The molecule has 0 bridgehead atoms. The van der Waals surface area contributed by atoms with Gasteiger partial charge in [0.1, 0.15) is 6.10 Å². The quantitative estimate of drug-likeness (QED) is 0.762. The van der Waals surface area contributed by atoms with Crippen LogP contribution in [0.1, 0.15) is 22.1 Å². The molecule has 0 radical (unpaired) electrons. The van der Waals surface area contributed by atoms with E-state index in [9.17, 15) is 5.11 Å². The summed E-state index contributed by atoms with van der Waals surface area (Å²) in [5.74, 6) is 0. The predicted molar refractivity (Wildman–Crippen MR) is 72.7 cm³/mol. The van der Waals surface area contributed by atoms with Crippen molar-refractivity contribution in [2.75, 3.05) is 0 Å². The molecule has 1 N–H and O–H groups in total. The van der Waals surface area contributed by atoms with E-state index in [1.54, 1.807) is 35.1 Å². The van der Waals surface area contributed by atoms with Crippen LogP contribution >= 0.6 is 22.7 Å². The highest BCUT2D eigenvalue weighted by Gasteiger charge is 2.16. The molecule has 3 heterocycles. The van der Waals surface area contributed by atoms with Gasteiger partial charge in [0.25, 0.3) is 0 Å². The van der Waals surface area contributed by atoms with Crippen molar-refractivity contribution >= 4 is 32.1 Å². The Morgan fingerprint density at radius 3 is 2.94 bits per heavy atom. The largest absolute Gasteiger partial charge is 0.383 e. The van der Waals surface area contributed by atoms with E-state index >= 15 is 0 Å². The number of aryl methyl sites for hydroxylation is 1. The topological polar surface area (TPSA) is 33.1 Å². The summed E-state index contributed by atoms with van der Waals surface area (Å²) in [4.78, 5) is 5.07. The van der Waals surface area contributed by atoms with E-state index in [4.69, 9.17) is 0 Å². The van der Waals surface area contributed by atoms with E-state index < -0.39 is 6.10 Å². The monoisotopic (exact) mass is 261 g/mol. The highest BCUT2D eigenvalue weighted by atomic mass is 32.1. The van der Waals surface area contributed by atoms with Crippen molar-refractivity contribution in [1.29, 1.82) is 0 Å². The Hall–Kier alpha value is -1.23. The van der Waals surface area contributed by atoms with Crippen LogP contribution < -0.4 is 0 Å². The van der Waals surface area contributed by atoms with Crippen molar-refractivity contribution in [2.24, 2.45) is 0 Å². The number of pyridine rings is 1. The summed E-state index contributed by atoms with van der Waals surface area (Å²) in [6.07, 6.45) is 2.93. The fourth-order valence-electron chi connectivity index (χ4n) is 1.83. The van der Waals surface area contributed by atoms with Gasteiger partial charge in [-0.25, -0.2) is 0 Å². The van der Waals surface area contributed by atoms with Gasteiger partial charge in [0.2, 0.25) is 0 Å². The van der Waals surface area contributed by atoms with Crippen LogP contribution in [0.4, 0.5) is 0 Å². The molecule has 0 amide bonds. The smallest absolute Gasteiger partial charge is 0.115 e. The van der Waals surface area contributed by atoms with Crippen molar-refractivity contribution in [3.63, 3.8) is 0 Å². The Labute approximate surface area is 107 Å². The van der Waals surface area contributed by atoms with Crippen molar-refractivity contribution in [3.8, 4) is 0 Å². The molecule has 0 saturated carbocycles. The Morgan fingerprint density at radius 1 is 1.29 bits per heavy atom. The molecule has 0 fully saturated rings. The summed E-state index contributed by atoms with van der Waals surface area (Å²) in [5.41, 5.74) is 1.96. The highest BCUT2D eigenvalue weighted by Crippen LogP contribution is 2.36. The van der Waals surface area contributed by atoms with Crippen LogP contribution in [-0.4, -0.2) is 10.1 Å². The van der Waals surface area contributed by atoms with Crippen molar-refractivity contribution < 1.29 is 5.11 Å². The minimum atomic E-state index is -0.562. The highest BCUT2D eigenvalue weighted by molar-refractivity contribution is 7.26. The third-order valence-electron chi connectivity index (χ3n) is 2.80. The molecule has 3 aromatic heterocycles. The normalized spacial score (nSPS) is 13.1. The molecule has 86 valence electrons. The fourth-order valence-corrected chi connectivity index (χ4v) is 3.96.